The van der Waals surface area contributed by atoms with Crippen LogP contribution in [0.15, 0.2) is 78.4 Å². The molecule has 0 spiro atoms. The van der Waals surface area contributed by atoms with E-state index in [0.29, 0.717) is 22.9 Å². The van der Waals surface area contributed by atoms with Crippen LogP contribution in [0.2, 0.25) is 5.02 Å². The van der Waals surface area contributed by atoms with Gasteiger partial charge in [0.2, 0.25) is 0 Å². The molecule has 0 radical (unpaired) electrons. The molecule has 1 aromatic heterocycles. The number of carbonyl (C=O) groups excluding carboxylic acids is 3. The van der Waals surface area contributed by atoms with E-state index in [9.17, 15) is 14.4 Å². The maximum atomic E-state index is 13.4. The Hall–Kier alpha value is -4.62. The summed E-state index contributed by atoms with van der Waals surface area (Å²) in [6, 6.07) is 21.6. The highest BCUT2D eigenvalue weighted by molar-refractivity contribution is 6.39. The van der Waals surface area contributed by atoms with E-state index in [4.69, 9.17) is 16.3 Å². The zero-order chi connectivity index (χ0) is 28.6. The van der Waals surface area contributed by atoms with Crippen LogP contribution in [-0.2, 0) is 16.2 Å². The first-order valence-electron chi connectivity index (χ1n) is 12.8. The van der Waals surface area contributed by atoms with Crippen molar-refractivity contribution >= 4 is 41.2 Å². The molecule has 7 nitrogen and oxygen atoms in total. The van der Waals surface area contributed by atoms with Crippen molar-refractivity contribution in [1.82, 2.24) is 9.88 Å². The lowest BCUT2D eigenvalue weighted by molar-refractivity contribution is -0.122. The van der Waals surface area contributed by atoms with Crippen molar-refractivity contribution in [3.05, 3.63) is 117 Å². The van der Waals surface area contributed by atoms with Crippen LogP contribution >= 0.6 is 11.6 Å². The maximum absolute atomic E-state index is 13.4. The minimum absolute atomic E-state index is 0.107. The van der Waals surface area contributed by atoms with Crippen molar-refractivity contribution in [2.45, 2.75) is 34.3 Å². The lowest BCUT2D eigenvalue weighted by atomic mass is 10.1. The molecule has 3 aromatic carbocycles. The van der Waals surface area contributed by atoms with Gasteiger partial charge in [0.1, 0.15) is 17.9 Å². The number of amides is 4. The first kappa shape index (κ1) is 27.0. The number of hydrogen-bond donors (Lipinski definition) is 1. The molecule has 1 aliphatic rings. The molecule has 2 heterocycles. The molecule has 1 N–H and O–H groups in total. The summed E-state index contributed by atoms with van der Waals surface area (Å²) in [7, 11) is 0. The quantitative estimate of drug-likeness (QED) is 0.215. The molecule has 5 rings (SSSR count). The van der Waals surface area contributed by atoms with Gasteiger partial charge >= 0.3 is 6.03 Å². The highest BCUT2D eigenvalue weighted by Crippen LogP contribution is 2.28. The van der Waals surface area contributed by atoms with Crippen LogP contribution in [0.3, 0.4) is 0 Å². The lowest BCUT2D eigenvalue weighted by Gasteiger charge is -2.26. The number of aromatic nitrogens is 1. The van der Waals surface area contributed by atoms with Crippen molar-refractivity contribution in [3.63, 3.8) is 0 Å². The fraction of sp³-hybridized carbons (Fsp3) is 0.156. The Morgan fingerprint density at radius 3 is 2.17 bits per heavy atom. The van der Waals surface area contributed by atoms with E-state index in [-0.39, 0.29) is 5.57 Å². The number of benzene rings is 3. The monoisotopic (exact) mass is 553 g/mol. The van der Waals surface area contributed by atoms with Gasteiger partial charge in [-0.15, -0.1) is 0 Å². The molecule has 0 bridgehead atoms. The molecule has 202 valence electrons. The van der Waals surface area contributed by atoms with Gasteiger partial charge in [-0.2, -0.15) is 0 Å². The highest BCUT2D eigenvalue weighted by Gasteiger charge is 2.37. The average Bonchev–Trinajstić information content (AvgIpc) is 3.20. The number of urea groups is 1. The minimum atomic E-state index is -0.765. The van der Waals surface area contributed by atoms with Gasteiger partial charge in [-0.25, -0.2) is 9.69 Å². The third-order valence-corrected chi connectivity index (χ3v) is 7.29. The van der Waals surface area contributed by atoms with Crippen LogP contribution < -0.4 is 15.0 Å². The van der Waals surface area contributed by atoms with Gasteiger partial charge in [0.05, 0.1) is 5.69 Å². The first-order valence-corrected chi connectivity index (χ1v) is 13.2. The van der Waals surface area contributed by atoms with E-state index in [1.807, 2.05) is 92.9 Å². The zero-order valence-corrected chi connectivity index (χ0v) is 23.4. The largest absolute Gasteiger partial charge is 0.489 e. The van der Waals surface area contributed by atoms with Crippen molar-refractivity contribution in [2.24, 2.45) is 0 Å². The number of rotatable bonds is 6. The van der Waals surface area contributed by atoms with Crippen LogP contribution in [0.5, 0.6) is 5.75 Å². The molecule has 0 saturated carbocycles. The fourth-order valence-electron chi connectivity index (χ4n) is 4.68. The first-order chi connectivity index (χ1) is 19.1. The summed E-state index contributed by atoms with van der Waals surface area (Å²) in [5, 5.41) is 2.98. The molecule has 1 aliphatic heterocycles. The number of barbiturate groups is 1. The lowest BCUT2D eigenvalue weighted by Crippen LogP contribution is -2.54. The molecule has 8 heteroatoms. The normalized spacial score (nSPS) is 14.6. The van der Waals surface area contributed by atoms with Crippen molar-refractivity contribution in [1.29, 1.82) is 0 Å². The Labute approximate surface area is 237 Å². The van der Waals surface area contributed by atoms with Gasteiger partial charge < -0.3 is 9.30 Å². The van der Waals surface area contributed by atoms with Crippen LogP contribution in [-0.4, -0.2) is 22.4 Å². The van der Waals surface area contributed by atoms with Gasteiger partial charge in [0.25, 0.3) is 11.8 Å². The Balaban J connectivity index is 1.40. The number of carbonyl (C=O) groups is 3. The number of aryl methyl sites for hydroxylation is 3. The van der Waals surface area contributed by atoms with Gasteiger partial charge in [-0.3, -0.25) is 14.9 Å². The minimum Gasteiger partial charge on any atom is -0.489 e. The van der Waals surface area contributed by atoms with E-state index >= 15 is 0 Å². The van der Waals surface area contributed by atoms with Crippen LogP contribution in [0, 0.1) is 27.7 Å². The number of hydrogen-bond acceptors (Lipinski definition) is 4. The Morgan fingerprint density at radius 2 is 1.50 bits per heavy atom. The Bertz CT molecular complexity index is 1670. The van der Waals surface area contributed by atoms with Gasteiger partial charge in [-0.05, 0) is 111 Å². The molecule has 0 aliphatic carbocycles. The van der Waals surface area contributed by atoms with E-state index in [2.05, 4.69) is 5.32 Å². The van der Waals surface area contributed by atoms with Gasteiger partial charge in [0.15, 0.2) is 0 Å². The van der Waals surface area contributed by atoms with Crippen molar-refractivity contribution < 1.29 is 19.1 Å². The predicted molar refractivity (Wildman–Crippen MR) is 156 cm³/mol. The number of nitrogens with one attached hydrogen (secondary N) is 1. The summed E-state index contributed by atoms with van der Waals surface area (Å²) in [4.78, 5) is 39.7. The number of imide groups is 2. The summed E-state index contributed by atoms with van der Waals surface area (Å²) in [5.74, 6) is -0.657. The third kappa shape index (κ3) is 5.28. The molecule has 1 fully saturated rings. The zero-order valence-electron chi connectivity index (χ0n) is 22.6. The Kier molecular flexibility index (Phi) is 7.32. The second-order valence-electron chi connectivity index (χ2n) is 9.80. The summed E-state index contributed by atoms with van der Waals surface area (Å²) >= 11 is 5.95. The second-order valence-corrected chi connectivity index (χ2v) is 10.2. The van der Waals surface area contributed by atoms with Crippen molar-refractivity contribution in [2.75, 3.05) is 4.90 Å². The van der Waals surface area contributed by atoms with Crippen molar-refractivity contribution in [3.8, 4) is 11.4 Å². The smallest absolute Gasteiger partial charge is 0.335 e. The molecule has 4 aromatic rings. The van der Waals surface area contributed by atoms with E-state index < -0.39 is 17.8 Å². The van der Waals surface area contributed by atoms with E-state index in [1.165, 1.54) is 0 Å². The molecule has 0 atom stereocenters. The number of nitrogens with zero attached hydrogens (tertiary/aromatic N) is 2. The topological polar surface area (TPSA) is 80.6 Å². The maximum Gasteiger partial charge on any atom is 0.335 e. The van der Waals surface area contributed by atoms with Crippen LogP contribution in [0.1, 0.15) is 33.6 Å². The fourth-order valence-corrected chi connectivity index (χ4v) is 4.81. The summed E-state index contributed by atoms with van der Waals surface area (Å²) in [6.07, 6.45) is 1.54. The average molecular weight is 554 g/mol. The SMILES string of the molecule is Cc1ccc(N2C(=O)NC(=O)/C(=C\c3cc(C)n(-c4ccc(OCc5ccc(Cl)cc5)cc4)c3C)C2=O)cc1C. The molecule has 0 unspecified atom stereocenters. The van der Waals surface area contributed by atoms with E-state index in [1.54, 1.807) is 18.2 Å². The Morgan fingerprint density at radius 1 is 0.825 bits per heavy atom. The molecular formula is C32H28ClN3O4. The third-order valence-electron chi connectivity index (χ3n) is 7.03. The predicted octanol–water partition coefficient (Wildman–Crippen LogP) is 6.61. The standard InChI is InChI=1S/C32H28ClN3O4/c1-19-5-10-27(15-20(19)2)36-31(38)29(30(37)34-32(36)39)17-24-16-21(3)35(22(24)4)26-11-13-28(14-12-26)40-18-23-6-8-25(33)9-7-23/h5-17H,18H2,1-4H3,(H,34,37,39)/b29-17+. The summed E-state index contributed by atoms with van der Waals surface area (Å²) < 4.78 is 7.94. The van der Waals surface area contributed by atoms with Crippen LogP contribution in [0.25, 0.3) is 11.8 Å². The number of ether oxygens (including phenoxy) is 1. The van der Waals surface area contributed by atoms with Gasteiger partial charge in [0, 0.05) is 22.1 Å². The molecule has 1 saturated heterocycles. The summed E-state index contributed by atoms with van der Waals surface area (Å²) in [5.41, 5.74) is 6.66. The molecular weight excluding hydrogens is 526 g/mol. The van der Waals surface area contributed by atoms with Gasteiger partial charge in [-0.1, -0.05) is 29.8 Å². The molecule has 40 heavy (non-hydrogen) atoms. The van der Waals surface area contributed by atoms with Crippen LogP contribution in [0.4, 0.5) is 10.5 Å². The highest BCUT2D eigenvalue weighted by atomic mass is 35.5. The van der Waals surface area contributed by atoms with E-state index in [0.717, 1.165) is 44.4 Å². The number of halogens is 1. The second kappa shape index (κ2) is 10.9. The summed E-state index contributed by atoms with van der Waals surface area (Å²) in [6.45, 7) is 8.15. The number of anilines is 1. The molecule has 4 amide bonds.